The van der Waals surface area contributed by atoms with Crippen molar-refractivity contribution in [3.05, 3.63) is 58.7 Å². The Balaban J connectivity index is 1.92. The average molecular weight is 315 g/mol. The van der Waals surface area contributed by atoms with Gasteiger partial charge in [-0.15, -0.1) is 11.8 Å². The molecule has 0 bridgehead atoms. The quantitative estimate of drug-likeness (QED) is 0.692. The standard InChI is InChI=1S/C16H10FNO3S/c17-14-12(19)6-5-9-7-11(16(20)21-15(9)14)18-8-22-13-4-2-1-3-10(13)18/h1-7,19H,8H2. The highest BCUT2D eigenvalue weighted by molar-refractivity contribution is 7.99. The zero-order valence-electron chi connectivity index (χ0n) is 11.2. The van der Waals surface area contributed by atoms with Gasteiger partial charge in [0.25, 0.3) is 0 Å². The number of phenols is 1. The van der Waals surface area contributed by atoms with Crippen molar-refractivity contribution >= 4 is 34.1 Å². The van der Waals surface area contributed by atoms with Crippen LogP contribution in [0.15, 0.2) is 56.6 Å². The molecule has 0 unspecified atom stereocenters. The van der Waals surface area contributed by atoms with Crippen molar-refractivity contribution in [3.8, 4) is 5.75 Å². The van der Waals surface area contributed by atoms with Crippen LogP contribution < -0.4 is 10.5 Å². The van der Waals surface area contributed by atoms with E-state index in [1.807, 2.05) is 29.2 Å². The molecule has 0 saturated heterocycles. The maximum absolute atomic E-state index is 13.8. The summed E-state index contributed by atoms with van der Waals surface area (Å²) < 4.78 is 18.9. The van der Waals surface area contributed by atoms with E-state index in [4.69, 9.17) is 4.42 Å². The fraction of sp³-hybridized carbons (Fsp3) is 0.0625. The summed E-state index contributed by atoms with van der Waals surface area (Å²) in [6, 6.07) is 12.1. The molecule has 2 aromatic carbocycles. The van der Waals surface area contributed by atoms with Gasteiger partial charge in [0.15, 0.2) is 11.3 Å². The van der Waals surface area contributed by atoms with Crippen molar-refractivity contribution < 1.29 is 13.9 Å². The van der Waals surface area contributed by atoms with Gasteiger partial charge in [-0.05, 0) is 30.3 Å². The van der Waals surface area contributed by atoms with Crippen LogP contribution in [0.5, 0.6) is 5.75 Å². The van der Waals surface area contributed by atoms with Crippen LogP contribution in [0.1, 0.15) is 0 Å². The van der Waals surface area contributed by atoms with E-state index in [-0.39, 0.29) is 5.58 Å². The second kappa shape index (κ2) is 4.78. The molecule has 110 valence electrons. The first-order valence-electron chi connectivity index (χ1n) is 6.60. The Labute approximate surface area is 128 Å². The van der Waals surface area contributed by atoms with Crippen molar-refractivity contribution in [1.82, 2.24) is 0 Å². The highest BCUT2D eigenvalue weighted by atomic mass is 32.2. The molecule has 6 heteroatoms. The summed E-state index contributed by atoms with van der Waals surface area (Å²) >= 11 is 1.62. The molecule has 1 aliphatic rings. The number of fused-ring (bicyclic) bond motifs is 2. The number of para-hydroxylation sites is 1. The number of thioether (sulfide) groups is 1. The highest BCUT2D eigenvalue weighted by Gasteiger charge is 2.24. The zero-order chi connectivity index (χ0) is 15.3. The zero-order valence-corrected chi connectivity index (χ0v) is 12.1. The lowest BCUT2D eigenvalue weighted by Crippen LogP contribution is -2.19. The van der Waals surface area contributed by atoms with Crippen LogP contribution in [0.4, 0.5) is 15.8 Å². The number of aromatic hydroxyl groups is 1. The summed E-state index contributed by atoms with van der Waals surface area (Å²) in [7, 11) is 0. The first-order chi connectivity index (χ1) is 10.6. The molecule has 0 radical (unpaired) electrons. The Morgan fingerprint density at radius 2 is 2.00 bits per heavy atom. The number of phenolic OH excluding ortho intramolecular Hbond substituents is 1. The Morgan fingerprint density at radius 1 is 1.18 bits per heavy atom. The summed E-state index contributed by atoms with van der Waals surface area (Å²) in [6.45, 7) is 0. The van der Waals surface area contributed by atoms with E-state index in [1.54, 1.807) is 17.8 Å². The molecular weight excluding hydrogens is 305 g/mol. The second-order valence-electron chi connectivity index (χ2n) is 4.91. The van der Waals surface area contributed by atoms with Crippen LogP contribution in [0, 0.1) is 5.82 Å². The number of hydrogen-bond acceptors (Lipinski definition) is 5. The van der Waals surface area contributed by atoms with Crippen LogP contribution in [-0.4, -0.2) is 11.0 Å². The molecule has 0 amide bonds. The van der Waals surface area contributed by atoms with E-state index in [0.717, 1.165) is 10.6 Å². The lowest BCUT2D eigenvalue weighted by molar-refractivity contribution is 0.425. The Hall–Kier alpha value is -2.47. The normalized spacial score (nSPS) is 13.6. The lowest BCUT2D eigenvalue weighted by atomic mass is 10.2. The van der Waals surface area contributed by atoms with Crippen LogP contribution in [0.3, 0.4) is 0 Å². The monoisotopic (exact) mass is 315 g/mol. The van der Waals surface area contributed by atoms with Gasteiger partial charge in [0, 0.05) is 10.3 Å². The van der Waals surface area contributed by atoms with Crippen molar-refractivity contribution in [1.29, 1.82) is 0 Å². The molecule has 0 aliphatic carbocycles. The third-order valence-corrected chi connectivity index (χ3v) is 4.64. The predicted octanol–water partition coefficient (Wildman–Crippen LogP) is 3.84. The third-order valence-electron chi connectivity index (χ3n) is 3.60. The van der Waals surface area contributed by atoms with Crippen LogP contribution in [0.25, 0.3) is 11.0 Å². The van der Waals surface area contributed by atoms with Gasteiger partial charge in [-0.1, -0.05) is 12.1 Å². The van der Waals surface area contributed by atoms with E-state index in [2.05, 4.69) is 0 Å². The number of rotatable bonds is 1. The molecule has 4 rings (SSSR count). The summed E-state index contributed by atoms with van der Waals surface area (Å²) in [4.78, 5) is 15.2. The predicted molar refractivity (Wildman–Crippen MR) is 83.4 cm³/mol. The number of anilines is 2. The molecule has 0 atom stereocenters. The third kappa shape index (κ3) is 1.88. The first kappa shape index (κ1) is 13.2. The van der Waals surface area contributed by atoms with Crippen molar-refractivity contribution in [2.24, 2.45) is 0 Å². The maximum Gasteiger partial charge on any atom is 0.360 e. The van der Waals surface area contributed by atoms with Crippen LogP contribution in [0.2, 0.25) is 0 Å². The molecule has 1 aromatic heterocycles. The number of halogens is 1. The first-order valence-corrected chi connectivity index (χ1v) is 7.58. The molecule has 0 spiro atoms. The molecule has 1 aliphatic heterocycles. The van der Waals surface area contributed by atoms with E-state index in [1.165, 1.54) is 12.1 Å². The van der Waals surface area contributed by atoms with Gasteiger partial charge in [0.1, 0.15) is 5.69 Å². The molecule has 2 heterocycles. The van der Waals surface area contributed by atoms with Crippen molar-refractivity contribution in [2.45, 2.75) is 4.90 Å². The minimum atomic E-state index is -0.919. The lowest BCUT2D eigenvalue weighted by Gasteiger charge is -2.17. The van der Waals surface area contributed by atoms with Gasteiger partial charge in [-0.3, -0.25) is 0 Å². The SMILES string of the molecule is O=c1oc2c(F)c(O)ccc2cc1N1CSc2ccccc21. The van der Waals surface area contributed by atoms with Crippen LogP contribution >= 0.6 is 11.8 Å². The van der Waals surface area contributed by atoms with Gasteiger partial charge in [0.05, 0.1) is 11.6 Å². The Kier molecular flexibility index (Phi) is 2.87. The van der Waals surface area contributed by atoms with Crippen molar-refractivity contribution in [2.75, 3.05) is 10.8 Å². The smallest absolute Gasteiger partial charge is 0.360 e. The summed E-state index contributed by atoms with van der Waals surface area (Å²) in [5.74, 6) is -0.862. The van der Waals surface area contributed by atoms with E-state index in [0.29, 0.717) is 17.0 Å². The summed E-state index contributed by atoms with van der Waals surface area (Å²) in [5, 5.41) is 9.80. The van der Waals surface area contributed by atoms with Gasteiger partial charge in [0.2, 0.25) is 5.82 Å². The van der Waals surface area contributed by atoms with Crippen LogP contribution in [-0.2, 0) is 0 Å². The second-order valence-corrected chi connectivity index (χ2v) is 5.89. The number of benzene rings is 2. The Morgan fingerprint density at radius 3 is 2.86 bits per heavy atom. The molecule has 3 aromatic rings. The fourth-order valence-electron chi connectivity index (χ4n) is 2.52. The maximum atomic E-state index is 13.8. The molecule has 0 saturated carbocycles. The van der Waals surface area contributed by atoms with E-state index in [9.17, 15) is 14.3 Å². The minimum absolute atomic E-state index is 0.228. The average Bonchev–Trinajstić information content (AvgIpc) is 2.95. The largest absolute Gasteiger partial charge is 0.505 e. The van der Waals surface area contributed by atoms with Gasteiger partial charge in [-0.2, -0.15) is 4.39 Å². The molecular formula is C16H10FNO3S. The van der Waals surface area contributed by atoms with Crippen molar-refractivity contribution in [3.63, 3.8) is 0 Å². The van der Waals surface area contributed by atoms with E-state index >= 15 is 0 Å². The van der Waals surface area contributed by atoms with Gasteiger partial charge >= 0.3 is 5.63 Å². The summed E-state index contributed by atoms with van der Waals surface area (Å²) in [6.07, 6.45) is 0. The Bertz CT molecular complexity index is 954. The number of nitrogens with zero attached hydrogens (tertiary/aromatic N) is 1. The summed E-state index contributed by atoms with van der Waals surface area (Å²) in [5.41, 5.74) is 0.427. The fourth-order valence-corrected chi connectivity index (χ4v) is 3.57. The topological polar surface area (TPSA) is 53.7 Å². The van der Waals surface area contributed by atoms with Gasteiger partial charge < -0.3 is 14.4 Å². The van der Waals surface area contributed by atoms with E-state index < -0.39 is 17.2 Å². The highest BCUT2D eigenvalue weighted by Crippen LogP contribution is 2.42. The number of hydrogen-bond donors (Lipinski definition) is 1. The molecule has 22 heavy (non-hydrogen) atoms. The molecule has 4 nitrogen and oxygen atoms in total. The molecule has 1 N–H and O–H groups in total. The minimum Gasteiger partial charge on any atom is -0.505 e. The molecule has 0 fully saturated rings. The van der Waals surface area contributed by atoms with Gasteiger partial charge in [-0.25, -0.2) is 4.79 Å².